The first kappa shape index (κ1) is 17.4. The third-order valence-electron chi connectivity index (χ3n) is 3.15. The second kappa shape index (κ2) is 8.09. The normalized spacial score (nSPS) is 10.3. The number of carbonyl (C=O) groups is 1. The van der Waals surface area contributed by atoms with Gasteiger partial charge in [-0.05, 0) is 48.9 Å². The molecule has 23 heavy (non-hydrogen) atoms. The average Bonchev–Trinajstić information content (AvgIpc) is 2.53. The summed E-state index contributed by atoms with van der Waals surface area (Å²) < 4.78 is 10.1. The van der Waals surface area contributed by atoms with Gasteiger partial charge in [-0.1, -0.05) is 23.2 Å². The van der Waals surface area contributed by atoms with Gasteiger partial charge in [-0.15, -0.1) is 0 Å². The molecule has 6 heteroatoms. The van der Waals surface area contributed by atoms with E-state index in [4.69, 9.17) is 32.7 Å². The highest BCUT2D eigenvalue weighted by Crippen LogP contribution is 2.34. The molecular weight excluding hydrogens is 337 g/mol. The van der Waals surface area contributed by atoms with E-state index in [1.165, 1.54) is 7.11 Å². The van der Waals surface area contributed by atoms with Gasteiger partial charge in [0.15, 0.2) is 5.75 Å². The van der Waals surface area contributed by atoms with Crippen molar-refractivity contribution in [2.45, 2.75) is 13.5 Å². The van der Waals surface area contributed by atoms with Crippen LogP contribution in [0.3, 0.4) is 0 Å². The zero-order valence-electron chi connectivity index (χ0n) is 12.9. The molecule has 0 radical (unpaired) electrons. The van der Waals surface area contributed by atoms with Crippen molar-refractivity contribution in [2.75, 3.05) is 19.0 Å². The Morgan fingerprint density at radius 2 is 1.74 bits per heavy atom. The zero-order valence-corrected chi connectivity index (χ0v) is 14.4. The predicted molar refractivity (Wildman–Crippen MR) is 92.7 cm³/mol. The maximum atomic E-state index is 11.6. The van der Waals surface area contributed by atoms with Crippen LogP contribution in [0.5, 0.6) is 5.75 Å². The lowest BCUT2D eigenvalue weighted by molar-refractivity contribution is 0.0526. The zero-order chi connectivity index (χ0) is 16.8. The fraction of sp³-hybridized carbons (Fsp3) is 0.235. The quantitative estimate of drug-likeness (QED) is 0.758. The minimum Gasteiger partial charge on any atom is -0.494 e. The Labute approximate surface area is 145 Å². The molecule has 2 aromatic rings. The van der Waals surface area contributed by atoms with Crippen LogP contribution in [0.2, 0.25) is 10.0 Å². The van der Waals surface area contributed by atoms with E-state index in [9.17, 15) is 4.79 Å². The van der Waals surface area contributed by atoms with Gasteiger partial charge in [0.2, 0.25) is 0 Å². The standard InChI is InChI=1S/C17H17Cl2NO3/c1-3-23-17(21)12-4-6-13(7-5-12)20-10-11-8-14(18)16(22-2)15(19)9-11/h4-9,20H,3,10H2,1-2H3. The van der Waals surface area contributed by atoms with Crippen LogP contribution in [0.1, 0.15) is 22.8 Å². The topological polar surface area (TPSA) is 47.6 Å². The molecule has 2 rings (SSSR count). The Bertz CT molecular complexity index is 664. The molecule has 0 heterocycles. The van der Waals surface area contributed by atoms with Gasteiger partial charge in [-0.25, -0.2) is 4.79 Å². The number of ether oxygens (including phenoxy) is 2. The van der Waals surface area contributed by atoms with Gasteiger partial charge in [0.25, 0.3) is 0 Å². The number of methoxy groups -OCH3 is 1. The average molecular weight is 354 g/mol. The fourth-order valence-electron chi connectivity index (χ4n) is 2.05. The van der Waals surface area contributed by atoms with Crippen molar-refractivity contribution in [3.63, 3.8) is 0 Å². The minimum atomic E-state index is -0.326. The Balaban J connectivity index is 2.02. The number of hydrogen-bond acceptors (Lipinski definition) is 4. The predicted octanol–water partition coefficient (Wildman–Crippen LogP) is 4.79. The van der Waals surface area contributed by atoms with Crippen molar-refractivity contribution >= 4 is 34.9 Å². The van der Waals surface area contributed by atoms with E-state index in [-0.39, 0.29) is 5.97 Å². The number of rotatable bonds is 6. The maximum absolute atomic E-state index is 11.6. The number of anilines is 1. The first-order valence-electron chi connectivity index (χ1n) is 7.08. The summed E-state index contributed by atoms with van der Waals surface area (Å²) in [5.74, 6) is 0.142. The summed E-state index contributed by atoms with van der Waals surface area (Å²) in [6.07, 6.45) is 0. The molecule has 0 atom stereocenters. The highest BCUT2D eigenvalue weighted by Gasteiger charge is 2.09. The number of halogens is 2. The van der Waals surface area contributed by atoms with Gasteiger partial charge >= 0.3 is 5.97 Å². The highest BCUT2D eigenvalue weighted by molar-refractivity contribution is 6.37. The van der Waals surface area contributed by atoms with Crippen LogP contribution in [0.25, 0.3) is 0 Å². The summed E-state index contributed by atoms with van der Waals surface area (Å²) in [7, 11) is 1.52. The minimum absolute atomic E-state index is 0.326. The molecule has 0 saturated heterocycles. The van der Waals surface area contributed by atoms with Crippen LogP contribution in [-0.2, 0) is 11.3 Å². The Hall–Kier alpha value is -1.91. The summed E-state index contributed by atoms with van der Waals surface area (Å²) >= 11 is 12.2. The van der Waals surface area contributed by atoms with E-state index in [1.807, 2.05) is 12.1 Å². The molecule has 0 spiro atoms. The van der Waals surface area contributed by atoms with Crippen molar-refractivity contribution in [1.82, 2.24) is 0 Å². The molecular formula is C17H17Cl2NO3. The molecule has 0 aliphatic rings. The second-order valence-corrected chi connectivity index (χ2v) is 5.56. The molecule has 4 nitrogen and oxygen atoms in total. The first-order valence-corrected chi connectivity index (χ1v) is 7.83. The smallest absolute Gasteiger partial charge is 0.338 e. The summed E-state index contributed by atoms with van der Waals surface area (Å²) in [4.78, 5) is 11.6. The Morgan fingerprint density at radius 1 is 1.13 bits per heavy atom. The highest BCUT2D eigenvalue weighted by atomic mass is 35.5. The van der Waals surface area contributed by atoms with E-state index < -0.39 is 0 Å². The summed E-state index contributed by atoms with van der Waals surface area (Å²) in [5.41, 5.74) is 2.32. The van der Waals surface area contributed by atoms with Gasteiger partial charge < -0.3 is 14.8 Å². The van der Waals surface area contributed by atoms with Crippen LogP contribution in [-0.4, -0.2) is 19.7 Å². The third kappa shape index (κ3) is 4.53. The van der Waals surface area contributed by atoms with Crippen LogP contribution in [0, 0.1) is 0 Å². The molecule has 0 saturated carbocycles. The van der Waals surface area contributed by atoms with Crippen LogP contribution in [0.15, 0.2) is 36.4 Å². The fourth-order valence-corrected chi connectivity index (χ4v) is 2.74. The third-order valence-corrected chi connectivity index (χ3v) is 3.72. The van der Waals surface area contributed by atoms with E-state index >= 15 is 0 Å². The Kier molecular flexibility index (Phi) is 6.13. The molecule has 0 aromatic heterocycles. The van der Waals surface area contributed by atoms with E-state index in [2.05, 4.69) is 5.32 Å². The lowest BCUT2D eigenvalue weighted by atomic mass is 10.2. The first-order chi connectivity index (χ1) is 11.0. The van der Waals surface area contributed by atoms with Gasteiger partial charge in [-0.3, -0.25) is 0 Å². The summed E-state index contributed by atoms with van der Waals surface area (Å²) in [6.45, 7) is 2.68. The van der Waals surface area contributed by atoms with Crippen molar-refractivity contribution in [3.8, 4) is 5.75 Å². The molecule has 0 aliphatic carbocycles. The maximum Gasteiger partial charge on any atom is 0.338 e. The molecule has 122 valence electrons. The van der Waals surface area contributed by atoms with Gasteiger partial charge in [-0.2, -0.15) is 0 Å². The van der Waals surface area contributed by atoms with Gasteiger partial charge in [0, 0.05) is 12.2 Å². The van der Waals surface area contributed by atoms with Crippen molar-refractivity contribution < 1.29 is 14.3 Å². The van der Waals surface area contributed by atoms with E-state index in [0.29, 0.717) is 34.5 Å². The van der Waals surface area contributed by atoms with Crippen LogP contribution >= 0.6 is 23.2 Å². The summed E-state index contributed by atoms with van der Waals surface area (Å²) in [6, 6.07) is 10.7. The second-order valence-electron chi connectivity index (χ2n) is 4.74. The molecule has 0 fully saturated rings. The number of esters is 1. The largest absolute Gasteiger partial charge is 0.494 e. The number of carbonyl (C=O) groups excluding carboxylic acids is 1. The number of nitrogens with one attached hydrogen (secondary N) is 1. The summed E-state index contributed by atoms with van der Waals surface area (Å²) in [5, 5.41) is 4.17. The van der Waals surface area contributed by atoms with Crippen LogP contribution < -0.4 is 10.1 Å². The molecule has 0 amide bonds. The molecule has 0 unspecified atom stereocenters. The SMILES string of the molecule is CCOC(=O)c1ccc(NCc2cc(Cl)c(OC)c(Cl)c2)cc1. The van der Waals surface area contributed by atoms with Crippen molar-refractivity contribution in [2.24, 2.45) is 0 Å². The number of hydrogen-bond donors (Lipinski definition) is 1. The Morgan fingerprint density at radius 3 is 2.26 bits per heavy atom. The van der Waals surface area contributed by atoms with Crippen molar-refractivity contribution in [1.29, 1.82) is 0 Å². The monoisotopic (exact) mass is 353 g/mol. The van der Waals surface area contributed by atoms with E-state index in [0.717, 1.165) is 11.3 Å². The van der Waals surface area contributed by atoms with Crippen molar-refractivity contribution in [3.05, 3.63) is 57.6 Å². The number of benzene rings is 2. The van der Waals surface area contributed by atoms with Gasteiger partial charge in [0.1, 0.15) is 0 Å². The lowest BCUT2D eigenvalue weighted by Gasteiger charge is -2.11. The lowest BCUT2D eigenvalue weighted by Crippen LogP contribution is -2.05. The van der Waals surface area contributed by atoms with Gasteiger partial charge in [0.05, 0.1) is 29.3 Å². The van der Waals surface area contributed by atoms with E-state index in [1.54, 1.807) is 31.2 Å². The molecule has 0 aliphatic heterocycles. The molecule has 1 N–H and O–H groups in total. The van der Waals surface area contributed by atoms with Crippen LogP contribution in [0.4, 0.5) is 5.69 Å². The molecule has 0 bridgehead atoms. The molecule has 2 aromatic carbocycles.